The Morgan fingerprint density at radius 3 is 2.48 bits per heavy atom. The van der Waals surface area contributed by atoms with Crippen LogP contribution in [-0.2, 0) is 10.0 Å². The van der Waals surface area contributed by atoms with E-state index in [-0.39, 0.29) is 21.3 Å². The number of rotatable bonds is 8. The number of hydrogen-bond acceptors (Lipinski definition) is 7. The number of ether oxygens (including phenoxy) is 1. The van der Waals surface area contributed by atoms with Gasteiger partial charge in [0.15, 0.2) is 0 Å². The zero-order valence-corrected chi connectivity index (χ0v) is 17.7. The number of anilines is 2. The number of sulfonamides is 1. The number of nitro benzene ring substituents is 1. The minimum atomic E-state index is -4.23. The van der Waals surface area contributed by atoms with Gasteiger partial charge in [-0.05, 0) is 30.3 Å². The van der Waals surface area contributed by atoms with Crippen LogP contribution in [0.25, 0.3) is 0 Å². The molecule has 0 aliphatic heterocycles. The van der Waals surface area contributed by atoms with E-state index in [0.717, 1.165) is 6.07 Å². The molecule has 0 saturated heterocycles. The lowest BCUT2D eigenvalue weighted by atomic mass is 10.2. The van der Waals surface area contributed by atoms with Crippen molar-refractivity contribution in [1.82, 2.24) is 0 Å². The van der Waals surface area contributed by atoms with Gasteiger partial charge in [-0.3, -0.25) is 20.3 Å². The molecule has 0 aliphatic rings. The summed E-state index contributed by atoms with van der Waals surface area (Å²) in [7, 11) is -2.71. The molecule has 0 radical (unpaired) electrons. The average Bonchev–Trinajstić information content (AvgIpc) is 2.75. The maximum atomic E-state index is 13.0. The molecule has 160 valence electrons. The summed E-state index contributed by atoms with van der Waals surface area (Å²) in [4.78, 5) is 10.1. The van der Waals surface area contributed by atoms with E-state index in [1.165, 1.54) is 37.6 Å². The van der Waals surface area contributed by atoms with Crippen LogP contribution in [0.2, 0.25) is 5.02 Å². The van der Waals surface area contributed by atoms with Gasteiger partial charge in [0.05, 0.1) is 34.6 Å². The Morgan fingerprint density at radius 2 is 1.77 bits per heavy atom. The molecule has 2 N–H and O–H groups in total. The average molecular weight is 461 g/mol. The summed E-state index contributed by atoms with van der Waals surface area (Å²) in [5.74, 6) is 0.574. The molecule has 0 heterocycles. The number of nitrogens with one attached hydrogen (secondary N) is 2. The van der Waals surface area contributed by atoms with Crippen molar-refractivity contribution < 1.29 is 18.1 Å². The Bertz CT molecular complexity index is 1250. The topological polar surface area (TPSA) is 123 Å². The molecule has 0 amide bonds. The molecule has 3 aromatic carbocycles. The molecular weight excluding hydrogens is 444 g/mol. The van der Waals surface area contributed by atoms with Gasteiger partial charge in [-0.2, -0.15) is 5.10 Å². The third-order valence-electron chi connectivity index (χ3n) is 4.11. The Kier molecular flexibility index (Phi) is 6.73. The highest BCUT2D eigenvalue weighted by atomic mass is 35.5. The van der Waals surface area contributed by atoms with E-state index in [2.05, 4.69) is 15.2 Å². The minimum Gasteiger partial charge on any atom is -0.496 e. The zero-order chi connectivity index (χ0) is 22.4. The van der Waals surface area contributed by atoms with Crippen molar-refractivity contribution in [3.05, 3.63) is 87.4 Å². The van der Waals surface area contributed by atoms with E-state index in [1.807, 2.05) is 0 Å². The summed E-state index contributed by atoms with van der Waals surface area (Å²) < 4.78 is 33.5. The van der Waals surface area contributed by atoms with Gasteiger partial charge in [0.2, 0.25) is 0 Å². The summed E-state index contributed by atoms with van der Waals surface area (Å²) in [6, 6.07) is 16.7. The number of hydrogen-bond donors (Lipinski definition) is 2. The molecule has 0 unspecified atom stereocenters. The van der Waals surface area contributed by atoms with Crippen molar-refractivity contribution in [2.45, 2.75) is 4.90 Å². The van der Waals surface area contributed by atoms with Gasteiger partial charge in [-0.25, -0.2) is 8.42 Å². The second kappa shape index (κ2) is 9.45. The molecule has 31 heavy (non-hydrogen) atoms. The number of non-ortho nitro benzene ring substituents is 1. The van der Waals surface area contributed by atoms with Crippen molar-refractivity contribution in [3.8, 4) is 5.75 Å². The quantitative estimate of drug-likeness (QED) is 0.290. The first kappa shape index (κ1) is 22.1. The second-order valence-electron chi connectivity index (χ2n) is 6.13. The summed E-state index contributed by atoms with van der Waals surface area (Å²) >= 11 is 6.03. The first-order chi connectivity index (χ1) is 14.8. The molecule has 3 aromatic rings. The Morgan fingerprint density at radius 1 is 1.06 bits per heavy atom. The van der Waals surface area contributed by atoms with Crippen molar-refractivity contribution in [1.29, 1.82) is 0 Å². The summed E-state index contributed by atoms with van der Waals surface area (Å²) in [5, 5.41) is 15.4. The van der Waals surface area contributed by atoms with Crippen molar-refractivity contribution in [3.63, 3.8) is 0 Å². The van der Waals surface area contributed by atoms with Crippen LogP contribution in [-0.4, -0.2) is 26.7 Å². The SMILES string of the molecule is COc1ccccc1C=NNc1ccc([N+](=O)[O-])cc1S(=O)(=O)Nc1ccccc1Cl. The molecule has 0 atom stereocenters. The van der Waals surface area contributed by atoms with Gasteiger partial charge < -0.3 is 4.74 Å². The third-order valence-corrected chi connectivity index (χ3v) is 5.85. The van der Waals surface area contributed by atoms with Crippen LogP contribution in [0.1, 0.15) is 5.56 Å². The van der Waals surface area contributed by atoms with Crippen molar-refractivity contribution >= 4 is 44.9 Å². The maximum absolute atomic E-state index is 13.0. The van der Waals surface area contributed by atoms with Crippen LogP contribution >= 0.6 is 11.6 Å². The minimum absolute atomic E-state index is 0.0382. The van der Waals surface area contributed by atoms with Crippen molar-refractivity contribution in [2.75, 3.05) is 17.3 Å². The van der Waals surface area contributed by atoms with Gasteiger partial charge in [0.1, 0.15) is 10.6 Å². The molecule has 3 rings (SSSR count). The Labute approximate surface area is 183 Å². The van der Waals surface area contributed by atoms with Gasteiger partial charge >= 0.3 is 0 Å². The van der Waals surface area contributed by atoms with Crippen LogP contribution < -0.4 is 14.9 Å². The predicted molar refractivity (Wildman–Crippen MR) is 120 cm³/mol. The molecule has 11 heteroatoms. The number of nitro groups is 1. The third kappa shape index (κ3) is 5.30. The van der Waals surface area contributed by atoms with Crippen LogP contribution in [0.3, 0.4) is 0 Å². The lowest BCUT2D eigenvalue weighted by Gasteiger charge is -2.13. The Balaban J connectivity index is 1.96. The Hall–Kier alpha value is -3.63. The molecule has 9 nitrogen and oxygen atoms in total. The monoisotopic (exact) mass is 460 g/mol. The summed E-state index contributed by atoms with van der Waals surface area (Å²) in [5.41, 5.74) is 3.06. The predicted octanol–water partition coefficient (Wildman–Crippen LogP) is 4.50. The van der Waals surface area contributed by atoms with Gasteiger partial charge in [-0.1, -0.05) is 35.9 Å². The van der Waals surface area contributed by atoms with Crippen molar-refractivity contribution in [2.24, 2.45) is 5.10 Å². The fourth-order valence-electron chi connectivity index (χ4n) is 2.63. The number of benzene rings is 3. The van der Waals surface area contributed by atoms with Crippen LogP contribution in [0.15, 0.2) is 76.7 Å². The maximum Gasteiger partial charge on any atom is 0.270 e. The van der Waals surface area contributed by atoms with E-state index in [4.69, 9.17) is 16.3 Å². The fraction of sp³-hybridized carbons (Fsp3) is 0.0500. The molecule has 0 saturated carbocycles. The smallest absolute Gasteiger partial charge is 0.270 e. The molecule has 0 aromatic heterocycles. The first-order valence-electron chi connectivity index (χ1n) is 8.79. The van der Waals surface area contributed by atoms with Crippen LogP contribution in [0.5, 0.6) is 5.75 Å². The highest BCUT2D eigenvalue weighted by Gasteiger charge is 2.23. The van der Waals surface area contributed by atoms with E-state index in [9.17, 15) is 18.5 Å². The van der Waals surface area contributed by atoms with E-state index in [1.54, 1.807) is 36.4 Å². The van der Waals surface area contributed by atoms with Crippen LogP contribution in [0, 0.1) is 10.1 Å². The molecule has 0 bridgehead atoms. The van der Waals surface area contributed by atoms with Gasteiger partial charge in [0, 0.05) is 17.7 Å². The number of nitrogens with zero attached hydrogens (tertiary/aromatic N) is 2. The largest absolute Gasteiger partial charge is 0.496 e. The van der Waals surface area contributed by atoms with Gasteiger partial charge in [0.25, 0.3) is 15.7 Å². The van der Waals surface area contributed by atoms with E-state index < -0.39 is 20.6 Å². The standard InChI is InChI=1S/C20H17ClN4O5S/c1-30-19-9-5-2-6-14(19)13-22-23-18-11-10-15(25(26)27)12-20(18)31(28,29)24-17-8-4-3-7-16(17)21/h2-13,23-24H,1H3. The highest BCUT2D eigenvalue weighted by Crippen LogP contribution is 2.30. The van der Waals surface area contributed by atoms with E-state index >= 15 is 0 Å². The summed E-state index contributed by atoms with van der Waals surface area (Å²) in [6.07, 6.45) is 1.44. The number of hydrazone groups is 1. The number of methoxy groups -OCH3 is 1. The van der Waals surface area contributed by atoms with E-state index in [0.29, 0.717) is 11.3 Å². The molecule has 0 spiro atoms. The number of para-hydroxylation sites is 2. The molecule has 0 aliphatic carbocycles. The summed E-state index contributed by atoms with van der Waals surface area (Å²) in [6.45, 7) is 0. The first-order valence-corrected chi connectivity index (χ1v) is 10.7. The molecule has 0 fully saturated rings. The fourth-order valence-corrected chi connectivity index (χ4v) is 4.12. The lowest BCUT2D eigenvalue weighted by Crippen LogP contribution is -2.15. The van der Waals surface area contributed by atoms with Crippen LogP contribution in [0.4, 0.5) is 17.1 Å². The molecular formula is C20H17ClN4O5S. The second-order valence-corrected chi connectivity index (χ2v) is 8.19. The highest BCUT2D eigenvalue weighted by molar-refractivity contribution is 7.93. The van der Waals surface area contributed by atoms with Gasteiger partial charge in [-0.15, -0.1) is 0 Å². The normalized spacial score (nSPS) is 11.3. The number of halogens is 1. The lowest BCUT2D eigenvalue weighted by molar-refractivity contribution is -0.385. The zero-order valence-electron chi connectivity index (χ0n) is 16.2.